The van der Waals surface area contributed by atoms with Crippen LogP contribution in [0.2, 0.25) is 5.02 Å². The van der Waals surface area contributed by atoms with E-state index in [1.807, 2.05) is 12.1 Å². The highest BCUT2D eigenvalue weighted by Crippen LogP contribution is 2.32. The minimum absolute atomic E-state index is 0.117. The molecule has 0 unspecified atom stereocenters. The van der Waals surface area contributed by atoms with Crippen LogP contribution in [0.4, 0.5) is 10.1 Å². The van der Waals surface area contributed by atoms with Gasteiger partial charge in [0.1, 0.15) is 5.82 Å². The van der Waals surface area contributed by atoms with Gasteiger partial charge < -0.3 is 9.80 Å². The monoisotopic (exact) mass is 400 g/mol. The number of halogens is 2. The van der Waals surface area contributed by atoms with Gasteiger partial charge in [-0.1, -0.05) is 17.7 Å². The van der Waals surface area contributed by atoms with Crippen molar-refractivity contribution >= 4 is 29.1 Å². The number of hydrogen-bond donors (Lipinski definition) is 0. The Morgan fingerprint density at radius 1 is 1.14 bits per heavy atom. The first-order valence-corrected chi connectivity index (χ1v) is 10.1. The summed E-state index contributed by atoms with van der Waals surface area (Å²) in [5.41, 5.74) is 1.70. The summed E-state index contributed by atoms with van der Waals surface area (Å²) in [4.78, 5) is 28.6. The minimum atomic E-state index is -0.398. The van der Waals surface area contributed by atoms with Gasteiger partial charge >= 0.3 is 0 Å². The summed E-state index contributed by atoms with van der Waals surface area (Å²) in [6.07, 6.45) is 4.32. The smallest absolute Gasteiger partial charge is 0.254 e. The third-order valence-corrected chi connectivity index (χ3v) is 5.74. The van der Waals surface area contributed by atoms with Crippen LogP contribution in [0, 0.1) is 5.82 Å². The number of nitrogens with zero attached hydrogens (tertiary/aromatic N) is 2. The van der Waals surface area contributed by atoms with Crippen LogP contribution in [-0.2, 0) is 11.3 Å². The zero-order valence-electron chi connectivity index (χ0n) is 15.5. The van der Waals surface area contributed by atoms with E-state index in [0.717, 1.165) is 31.4 Å². The summed E-state index contributed by atoms with van der Waals surface area (Å²) in [7, 11) is 0. The quantitative estimate of drug-likeness (QED) is 0.723. The molecule has 1 aliphatic carbocycles. The van der Waals surface area contributed by atoms with Crippen molar-refractivity contribution in [2.75, 3.05) is 11.4 Å². The van der Waals surface area contributed by atoms with Crippen molar-refractivity contribution in [2.24, 2.45) is 0 Å². The van der Waals surface area contributed by atoms with Crippen LogP contribution in [0.1, 0.15) is 48.0 Å². The van der Waals surface area contributed by atoms with Gasteiger partial charge in [-0.3, -0.25) is 9.59 Å². The second-order valence-electron chi connectivity index (χ2n) is 7.41. The van der Waals surface area contributed by atoms with Crippen molar-refractivity contribution in [2.45, 2.75) is 44.7 Å². The van der Waals surface area contributed by atoms with Crippen LogP contribution in [0.5, 0.6) is 0 Å². The molecule has 28 heavy (non-hydrogen) atoms. The van der Waals surface area contributed by atoms with Gasteiger partial charge in [0.25, 0.3) is 5.91 Å². The number of carbonyl (C=O) groups is 2. The van der Waals surface area contributed by atoms with Crippen LogP contribution in [0.25, 0.3) is 0 Å². The first-order valence-electron chi connectivity index (χ1n) is 9.69. The number of benzene rings is 2. The van der Waals surface area contributed by atoms with Gasteiger partial charge in [0.2, 0.25) is 5.91 Å². The lowest BCUT2D eigenvalue weighted by atomic mass is 10.1. The van der Waals surface area contributed by atoms with Gasteiger partial charge in [0.05, 0.1) is 6.54 Å². The van der Waals surface area contributed by atoms with E-state index in [1.165, 1.54) is 6.07 Å². The average Bonchev–Trinajstić information content (AvgIpc) is 3.53. The highest BCUT2D eigenvalue weighted by Gasteiger charge is 2.34. The standard InChI is InChI=1S/C22H22ClFN2O2/c23-19-4-3-5-20(24)18(19)14-26(17-11-12-17)22(28)15-7-9-16(10-8-15)25-13-2-1-6-21(25)27/h3-5,7-10,17H,1-2,6,11-14H2. The maximum absolute atomic E-state index is 14.2. The van der Waals surface area contributed by atoms with Crippen molar-refractivity contribution < 1.29 is 14.0 Å². The largest absolute Gasteiger partial charge is 0.331 e. The van der Waals surface area contributed by atoms with Gasteiger partial charge in [-0.15, -0.1) is 0 Å². The van der Waals surface area contributed by atoms with Crippen LogP contribution in [0.3, 0.4) is 0 Å². The van der Waals surface area contributed by atoms with E-state index in [-0.39, 0.29) is 24.4 Å². The van der Waals surface area contributed by atoms with Crippen molar-refractivity contribution in [3.63, 3.8) is 0 Å². The van der Waals surface area contributed by atoms with Crippen LogP contribution >= 0.6 is 11.6 Å². The molecular formula is C22H22ClFN2O2. The lowest BCUT2D eigenvalue weighted by Gasteiger charge is -2.27. The third kappa shape index (κ3) is 3.90. The maximum Gasteiger partial charge on any atom is 0.254 e. The molecule has 2 aliphatic rings. The lowest BCUT2D eigenvalue weighted by Crippen LogP contribution is -2.35. The van der Waals surface area contributed by atoms with Crippen LogP contribution < -0.4 is 4.90 Å². The Balaban J connectivity index is 1.54. The van der Waals surface area contributed by atoms with E-state index in [9.17, 15) is 14.0 Å². The molecule has 1 saturated heterocycles. The SMILES string of the molecule is O=C1CCCCN1c1ccc(C(=O)N(Cc2c(F)cccc2Cl)C2CC2)cc1. The molecule has 2 aromatic rings. The highest BCUT2D eigenvalue weighted by atomic mass is 35.5. The average molecular weight is 401 g/mol. The normalized spacial score (nSPS) is 16.9. The van der Waals surface area contributed by atoms with E-state index in [1.54, 1.807) is 34.1 Å². The molecule has 0 spiro atoms. The molecule has 1 saturated carbocycles. The fourth-order valence-electron chi connectivity index (χ4n) is 3.64. The van der Waals surface area contributed by atoms with E-state index in [4.69, 9.17) is 11.6 Å². The molecule has 0 radical (unpaired) electrons. The third-order valence-electron chi connectivity index (χ3n) is 5.39. The van der Waals surface area contributed by atoms with Crippen molar-refractivity contribution in [3.05, 3.63) is 64.4 Å². The van der Waals surface area contributed by atoms with E-state index >= 15 is 0 Å². The Morgan fingerprint density at radius 2 is 1.89 bits per heavy atom. The summed E-state index contributed by atoms with van der Waals surface area (Å²) in [5, 5.41) is 0.331. The molecule has 146 valence electrons. The number of rotatable bonds is 5. The zero-order valence-corrected chi connectivity index (χ0v) is 16.3. The number of carbonyl (C=O) groups excluding carboxylic acids is 2. The molecule has 1 heterocycles. The van der Waals surface area contributed by atoms with Gasteiger partial charge in [-0.25, -0.2) is 4.39 Å². The summed E-state index contributed by atoms with van der Waals surface area (Å²) in [5.74, 6) is -0.414. The second-order valence-corrected chi connectivity index (χ2v) is 7.82. The Morgan fingerprint density at radius 3 is 2.54 bits per heavy atom. The Hall–Kier alpha value is -2.40. The predicted octanol–water partition coefficient (Wildman–Crippen LogP) is 4.80. The predicted molar refractivity (Wildman–Crippen MR) is 107 cm³/mol. The zero-order chi connectivity index (χ0) is 19.7. The van der Waals surface area contributed by atoms with E-state index in [2.05, 4.69) is 0 Å². The fourth-order valence-corrected chi connectivity index (χ4v) is 3.86. The second kappa shape index (κ2) is 7.92. The van der Waals surface area contributed by atoms with Gasteiger partial charge in [-0.2, -0.15) is 0 Å². The first kappa shape index (κ1) is 18.9. The van der Waals surface area contributed by atoms with Gasteiger partial charge in [-0.05, 0) is 62.1 Å². The Kier molecular flexibility index (Phi) is 5.36. The molecule has 0 atom stereocenters. The highest BCUT2D eigenvalue weighted by molar-refractivity contribution is 6.31. The summed E-state index contributed by atoms with van der Waals surface area (Å²) < 4.78 is 14.2. The molecule has 2 amide bonds. The fraction of sp³-hybridized carbons (Fsp3) is 0.364. The summed E-state index contributed by atoms with van der Waals surface area (Å²) in [6, 6.07) is 11.8. The number of amides is 2. The summed E-state index contributed by atoms with van der Waals surface area (Å²) >= 11 is 6.15. The van der Waals surface area contributed by atoms with Gasteiger partial charge in [0.15, 0.2) is 0 Å². The lowest BCUT2D eigenvalue weighted by molar-refractivity contribution is -0.119. The van der Waals surface area contributed by atoms with Crippen LogP contribution in [-0.4, -0.2) is 29.3 Å². The number of piperidine rings is 1. The van der Waals surface area contributed by atoms with Crippen molar-refractivity contribution in [3.8, 4) is 0 Å². The maximum atomic E-state index is 14.2. The first-order chi connectivity index (χ1) is 13.5. The summed E-state index contributed by atoms with van der Waals surface area (Å²) in [6.45, 7) is 0.869. The molecule has 4 nitrogen and oxygen atoms in total. The number of hydrogen-bond acceptors (Lipinski definition) is 2. The molecule has 1 aliphatic heterocycles. The molecule has 6 heteroatoms. The van der Waals surface area contributed by atoms with E-state index < -0.39 is 5.82 Å². The molecule has 0 aromatic heterocycles. The molecule has 4 rings (SSSR count). The molecule has 2 aromatic carbocycles. The number of anilines is 1. The van der Waals surface area contributed by atoms with Crippen molar-refractivity contribution in [1.82, 2.24) is 4.90 Å². The Labute approximate surface area is 168 Å². The molecule has 2 fully saturated rings. The topological polar surface area (TPSA) is 40.6 Å². The van der Waals surface area contributed by atoms with E-state index in [0.29, 0.717) is 29.1 Å². The molecule has 0 bridgehead atoms. The van der Waals surface area contributed by atoms with Crippen LogP contribution in [0.15, 0.2) is 42.5 Å². The van der Waals surface area contributed by atoms with Crippen molar-refractivity contribution in [1.29, 1.82) is 0 Å². The molecular weight excluding hydrogens is 379 g/mol. The van der Waals surface area contributed by atoms with Gasteiger partial charge in [0, 0.05) is 40.8 Å². The molecule has 0 N–H and O–H groups in total. The Bertz CT molecular complexity index is 876. The minimum Gasteiger partial charge on any atom is -0.331 e.